The van der Waals surface area contributed by atoms with Crippen LogP contribution in [-0.2, 0) is 14.8 Å². The lowest BCUT2D eigenvalue weighted by Gasteiger charge is -2.16. The number of sulfonamides is 1. The second-order valence-electron chi connectivity index (χ2n) is 8.87. The highest BCUT2D eigenvalue weighted by Crippen LogP contribution is 2.30. The van der Waals surface area contributed by atoms with Gasteiger partial charge in [-0.3, -0.25) is 4.79 Å². The minimum absolute atomic E-state index is 0.0606. The molecule has 0 bridgehead atoms. The molecule has 0 radical (unpaired) electrons. The second-order valence-corrected chi connectivity index (χ2v) is 10.9. The molecule has 2 aromatic heterocycles. The predicted molar refractivity (Wildman–Crippen MR) is 147 cm³/mol. The first-order valence-corrected chi connectivity index (χ1v) is 13.8. The highest BCUT2D eigenvalue weighted by molar-refractivity contribution is 7.88. The molecule has 1 aliphatic rings. The molecule has 4 aromatic rings. The molecule has 1 amide bonds. The van der Waals surface area contributed by atoms with Gasteiger partial charge in [0, 0.05) is 48.5 Å². The number of aromatic amines is 1. The van der Waals surface area contributed by atoms with Crippen LogP contribution >= 0.6 is 0 Å². The molecule has 1 saturated heterocycles. The third-order valence-corrected chi connectivity index (χ3v) is 7.28. The van der Waals surface area contributed by atoms with Gasteiger partial charge in [0.2, 0.25) is 27.8 Å². The fourth-order valence-corrected chi connectivity index (χ4v) is 5.04. The number of nitrogens with one attached hydrogen (secondary N) is 4. The Morgan fingerprint density at radius 1 is 1.13 bits per heavy atom. The summed E-state index contributed by atoms with van der Waals surface area (Å²) in [6.45, 7) is 4.44. The first-order chi connectivity index (χ1) is 18.3. The molecule has 1 atom stereocenters. The predicted octanol–water partition coefficient (Wildman–Crippen LogP) is 4.06. The lowest BCUT2D eigenvalue weighted by Crippen LogP contribution is -2.30. The molecule has 0 spiro atoms. The first-order valence-electron chi connectivity index (χ1n) is 11.9. The fourth-order valence-electron chi connectivity index (χ4n) is 4.15. The maximum atomic E-state index is 11.8. The summed E-state index contributed by atoms with van der Waals surface area (Å²) in [5.74, 6) is 0.868. The summed E-state index contributed by atoms with van der Waals surface area (Å²) in [6.07, 6.45) is 4.94. The zero-order valence-electron chi connectivity index (χ0n) is 20.6. The van der Waals surface area contributed by atoms with Gasteiger partial charge in [-0.15, -0.1) is 0 Å². The summed E-state index contributed by atoms with van der Waals surface area (Å²) in [7, 11) is -3.18. The molecule has 1 aliphatic heterocycles. The number of carbonyl (C=O) groups excluding carboxylic acids is 1. The van der Waals surface area contributed by atoms with E-state index in [1.807, 2.05) is 30.3 Å². The van der Waals surface area contributed by atoms with E-state index < -0.39 is 10.0 Å². The van der Waals surface area contributed by atoms with Crippen molar-refractivity contribution in [1.29, 1.82) is 0 Å². The number of nitrogens with zero attached hydrogens (tertiary/aromatic N) is 3. The van der Waals surface area contributed by atoms with Crippen LogP contribution in [0.2, 0.25) is 0 Å². The number of H-pyrrole nitrogens is 1. The SMILES string of the molecule is C=CC(=O)Nc1cccc(Oc2nc(Nc3ccc(NC4CCN(S(C)(=O)=O)C4)cc3)nc3[nH]ccc23)c1. The molecule has 196 valence electrons. The number of ether oxygens (including phenoxy) is 1. The van der Waals surface area contributed by atoms with Gasteiger partial charge in [-0.05, 0) is 55.0 Å². The Bertz CT molecular complexity index is 1580. The molecule has 11 nitrogen and oxygen atoms in total. The van der Waals surface area contributed by atoms with Crippen molar-refractivity contribution in [3.8, 4) is 11.6 Å². The van der Waals surface area contributed by atoms with Crippen LogP contribution in [0.3, 0.4) is 0 Å². The number of hydrogen-bond acceptors (Lipinski definition) is 8. The minimum Gasteiger partial charge on any atom is -0.438 e. The Balaban J connectivity index is 1.29. The molecule has 1 fully saturated rings. The molecule has 2 aromatic carbocycles. The smallest absolute Gasteiger partial charge is 0.247 e. The van der Waals surface area contributed by atoms with E-state index in [0.29, 0.717) is 47.4 Å². The molecular formula is C26H27N7O4S. The number of fused-ring (bicyclic) bond motifs is 1. The van der Waals surface area contributed by atoms with Crippen molar-refractivity contribution >= 4 is 50.0 Å². The Labute approximate surface area is 220 Å². The van der Waals surface area contributed by atoms with E-state index in [1.165, 1.54) is 16.6 Å². The van der Waals surface area contributed by atoms with E-state index in [4.69, 9.17) is 4.74 Å². The van der Waals surface area contributed by atoms with E-state index in [2.05, 4.69) is 37.5 Å². The molecule has 12 heteroatoms. The van der Waals surface area contributed by atoms with Gasteiger partial charge in [-0.2, -0.15) is 9.97 Å². The Morgan fingerprint density at radius 2 is 1.92 bits per heavy atom. The molecule has 4 N–H and O–H groups in total. The van der Waals surface area contributed by atoms with Gasteiger partial charge >= 0.3 is 0 Å². The molecule has 0 saturated carbocycles. The Morgan fingerprint density at radius 3 is 2.66 bits per heavy atom. The van der Waals surface area contributed by atoms with Gasteiger partial charge in [-0.1, -0.05) is 12.6 Å². The van der Waals surface area contributed by atoms with Gasteiger partial charge in [0.05, 0.1) is 11.6 Å². The molecule has 38 heavy (non-hydrogen) atoms. The average Bonchev–Trinajstić information content (AvgIpc) is 3.55. The number of anilines is 4. The summed E-state index contributed by atoms with van der Waals surface area (Å²) in [6, 6.07) is 16.5. The summed E-state index contributed by atoms with van der Waals surface area (Å²) in [5.41, 5.74) is 2.83. The minimum atomic E-state index is -3.18. The van der Waals surface area contributed by atoms with Gasteiger partial charge in [0.15, 0.2) is 0 Å². The van der Waals surface area contributed by atoms with Crippen LogP contribution in [0, 0.1) is 0 Å². The Kier molecular flexibility index (Phi) is 6.99. The fraction of sp³-hybridized carbons (Fsp3) is 0.192. The van der Waals surface area contributed by atoms with Gasteiger partial charge < -0.3 is 25.7 Å². The topological polar surface area (TPSA) is 141 Å². The van der Waals surface area contributed by atoms with Gasteiger partial charge in [0.1, 0.15) is 11.4 Å². The van der Waals surface area contributed by atoms with E-state index in [0.717, 1.165) is 17.8 Å². The van der Waals surface area contributed by atoms with Crippen molar-refractivity contribution in [2.75, 3.05) is 35.3 Å². The highest BCUT2D eigenvalue weighted by Gasteiger charge is 2.28. The van der Waals surface area contributed by atoms with Crippen molar-refractivity contribution < 1.29 is 17.9 Å². The number of aromatic nitrogens is 3. The molecular weight excluding hydrogens is 506 g/mol. The van der Waals surface area contributed by atoms with Crippen LogP contribution in [0.15, 0.2) is 73.4 Å². The zero-order valence-corrected chi connectivity index (χ0v) is 21.5. The van der Waals surface area contributed by atoms with Crippen molar-refractivity contribution in [1.82, 2.24) is 19.3 Å². The monoisotopic (exact) mass is 533 g/mol. The molecule has 1 unspecified atom stereocenters. The zero-order chi connectivity index (χ0) is 26.7. The summed E-state index contributed by atoms with van der Waals surface area (Å²) < 4.78 is 31.1. The summed E-state index contributed by atoms with van der Waals surface area (Å²) in [5, 5.41) is 10.00. The van der Waals surface area contributed by atoms with Crippen LogP contribution in [0.1, 0.15) is 6.42 Å². The van der Waals surface area contributed by atoms with Crippen LogP contribution in [-0.4, -0.2) is 59.0 Å². The Hall–Kier alpha value is -4.42. The number of amides is 1. The molecule has 5 rings (SSSR count). The number of carbonyl (C=O) groups is 1. The average molecular weight is 534 g/mol. The maximum absolute atomic E-state index is 11.8. The van der Waals surface area contributed by atoms with Crippen LogP contribution < -0.4 is 20.7 Å². The lowest BCUT2D eigenvalue weighted by molar-refractivity contribution is -0.111. The number of benzene rings is 2. The lowest BCUT2D eigenvalue weighted by atomic mass is 10.2. The number of hydrogen-bond donors (Lipinski definition) is 4. The van der Waals surface area contributed by atoms with E-state index >= 15 is 0 Å². The largest absolute Gasteiger partial charge is 0.438 e. The van der Waals surface area contributed by atoms with E-state index in [9.17, 15) is 13.2 Å². The summed E-state index contributed by atoms with van der Waals surface area (Å²) in [4.78, 5) is 23.8. The van der Waals surface area contributed by atoms with E-state index in [1.54, 1.807) is 30.5 Å². The van der Waals surface area contributed by atoms with Crippen molar-refractivity contribution in [3.63, 3.8) is 0 Å². The maximum Gasteiger partial charge on any atom is 0.247 e. The van der Waals surface area contributed by atoms with Crippen LogP contribution in [0.4, 0.5) is 23.0 Å². The van der Waals surface area contributed by atoms with Crippen LogP contribution in [0.5, 0.6) is 11.6 Å². The van der Waals surface area contributed by atoms with Gasteiger partial charge in [-0.25, -0.2) is 12.7 Å². The third kappa shape index (κ3) is 5.93. The normalized spacial score (nSPS) is 15.8. The quantitative estimate of drug-likeness (QED) is 0.236. The van der Waals surface area contributed by atoms with Crippen molar-refractivity contribution in [2.24, 2.45) is 0 Å². The second kappa shape index (κ2) is 10.5. The highest BCUT2D eigenvalue weighted by atomic mass is 32.2. The molecule has 0 aliphatic carbocycles. The van der Waals surface area contributed by atoms with Crippen LogP contribution in [0.25, 0.3) is 11.0 Å². The van der Waals surface area contributed by atoms with Crippen molar-refractivity contribution in [2.45, 2.75) is 12.5 Å². The van der Waals surface area contributed by atoms with E-state index in [-0.39, 0.29) is 11.9 Å². The molecule has 3 heterocycles. The summed E-state index contributed by atoms with van der Waals surface area (Å²) >= 11 is 0. The van der Waals surface area contributed by atoms with Gasteiger partial charge in [0.25, 0.3) is 0 Å². The number of rotatable bonds is 9. The first kappa shape index (κ1) is 25.2. The standard InChI is InChI=1S/C26H27N7O4S/c1-3-23(34)29-19-5-4-6-21(15-19)37-25-22-11-13-27-24(22)31-26(32-25)30-18-9-7-17(8-10-18)28-20-12-14-33(16-20)38(2,35)36/h3-11,13,15,20,28H,1,12,14,16H2,2H3,(H,29,34)(H2,27,30,31,32). The van der Waals surface area contributed by atoms with Crippen molar-refractivity contribution in [3.05, 3.63) is 73.4 Å². The third-order valence-electron chi connectivity index (χ3n) is 6.01.